The first-order chi connectivity index (χ1) is 23.7. The molecule has 4 nitrogen and oxygen atoms in total. The summed E-state index contributed by atoms with van der Waals surface area (Å²) < 4.78 is 4.55. The molecule has 0 saturated heterocycles. The van der Waals surface area contributed by atoms with Gasteiger partial charge in [-0.05, 0) is 65.7 Å². The highest BCUT2D eigenvalue weighted by atomic mass is 15.0. The average molecular weight is 611 g/mol. The van der Waals surface area contributed by atoms with Crippen molar-refractivity contribution in [1.29, 1.82) is 10.5 Å². The van der Waals surface area contributed by atoms with Crippen LogP contribution in [0.2, 0.25) is 0 Å². The number of hydrogen-bond donors (Lipinski definition) is 0. The van der Waals surface area contributed by atoms with Crippen LogP contribution >= 0.6 is 0 Å². The lowest BCUT2D eigenvalue weighted by Crippen LogP contribution is -2.00. The Morgan fingerprint density at radius 1 is 0.417 bits per heavy atom. The molecule has 2 heterocycles. The third-order valence-corrected chi connectivity index (χ3v) is 9.40. The van der Waals surface area contributed by atoms with Crippen LogP contribution in [0.15, 0.2) is 158 Å². The lowest BCUT2D eigenvalue weighted by molar-refractivity contribution is 1.18. The fraction of sp³-hybridized carbons (Fsp3) is 0. The van der Waals surface area contributed by atoms with E-state index in [0.29, 0.717) is 11.1 Å². The minimum Gasteiger partial charge on any atom is -0.309 e. The summed E-state index contributed by atoms with van der Waals surface area (Å²) in [5, 5.41) is 24.9. The van der Waals surface area contributed by atoms with E-state index in [9.17, 15) is 10.5 Å². The van der Waals surface area contributed by atoms with Crippen LogP contribution in [0.5, 0.6) is 0 Å². The zero-order valence-corrected chi connectivity index (χ0v) is 25.8. The van der Waals surface area contributed by atoms with Crippen LogP contribution < -0.4 is 0 Å². The molecule has 9 aromatic rings. The van der Waals surface area contributed by atoms with Crippen molar-refractivity contribution in [3.8, 4) is 45.8 Å². The van der Waals surface area contributed by atoms with Crippen molar-refractivity contribution in [2.75, 3.05) is 0 Å². The molecule has 0 saturated carbocycles. The maximum atomic E-state index is 10.5. The summed E-state index contributed by atoms with van der Waals surface area (Å²) in [6, 6.07) is 58.9. The Hall–Kier alpha value is -6.88. The fourth-order valence-corrected chi connectivity index (χ4v) is 7.37. The number of hydrogen-bond acceptors (Lipinski definition) is 2. The van der Waals surface area contributed by atoms with Gasteiger partial charge in [-0.1, -0.05) is 103 Å². The highest BCUT2D eigenvalue weighted by Crippen LogP contribution is 2.42. The van der Waals surface area contributed by atoms with Gasteiger partial charge < -0.3 is 9.13 Å². The molecule has 0 bridgehead atoms. The maximum Gasteiger partial charge on any atom is 0.0998 e. The Kier molecular flexibility index (Phi) is 6.22. The highest BCUT2D eigenvalue weighted by Gasteiger charge is 2.21. The Morgan fingerprint density at radius 3 is 1.69 bits per heavy atom. The van der Waals surface area contributed by atoms with Gasteiger partial charge in [-0.15, -0.1) is 0 Å². The van der Waals surface area contributed by atoms with Crippen LogP contribution in [0.25, 0.3) is 77.2 Å². The normalized spacial score (nSPS) is 11.3. The molecule has 0 aliphatic heterocycles. The molecule has 0 N–H and O–H groups in total. The first-order valence-corrected chi connectivity index (χ1v) is 15.9. The SMILES string of the molecule is N#Cc1ccc2c3ccccc3n(-c3ccccc3-c3c(C#N)cccc3-c3cccc(-n4c5ccccc5c5ccccc54)c3)c2c1. The lowest BCUT2D eigenvalue weighted by Gasteiger charge is -2.18. The van der Waals surface area contributed by atoms with Crippen molar-refractivity contribution in [2.24, 2.45) is 0 Å². The molecule has 9 rings (SSSR count). The van der Waals surface area contributed by atoms with E-state index in [1.54, 1.807) is 0 Å². The summed E-state index contributed by atoms with van der Waals surface area (Å²) in [5.74, 6) is 0. The van der Waals surface area contributed by atoms with Crippen molar-refractivity contribution in [3.05, 3.63) is 169 Å². The van der Waals surface area contributed by atoms with Crippen LogP contribution in [0, 0.1) is 22.7 Å². The zero-order chi connectivity index (χ0) is 32.2. The van der Waals surface area contributed by atoms with Gasteiger partial charge in [-0.2, -0.15) is 10.5 Å². The van der Waals surface area contributed by atoms with E-state index in [-0.39, 0.29) is 0 Å². The Bertz CT molecular complexity index is 2760. The number of nitrogens with zero attached hydrogens (tertiary/aromatic N) is 4. The highest BCUT2D eigenvalue weighted by molar-refractivity contribution is 6.11. The van der Waals surface area contributed by atoms with Crippen molar-refractivity contribution in [2.45, 2.75) is 0 Å². The lowest BCUT2D eigenvalue weighted by atomic mass is 9.89. The predicted molar refractivity (Wildman–Crippen MR) is 195 cm³/mol. The quantitative estimate of drug-likeness (QED) is 0.199. The number of aromatic nitrogens is 2. The van der Waals surface area contributed by atoms with E-state index < -0.39 is 0 Å². The van der Waals surface area contributed by atoms with E-state index in [2.05, 4.69) is 124 Å². The molecule has 0 spiro atoms. The van der Waals surface area contributed by atoms with Crippen LogP contribution in [0.1, 0.15) is 11.1 Å². The number of benzene rings is 7. The molecule has 222 valence electrons. The largest absolute Gasteiger partial charge is 0.309 e. The third-order valence-electron chi connectivity index (χ3n) is 9.40. The molecule has 48 heavy (non-hydrogen) atoms. The summed E-state index contributed by atoms with van der Waals surface area (Å²) in [6.45, 7) is 0. The summed E-state index contributed by atoms with van der Waals surface area (Å²) in [6.07, 6.45) is 0. The fourth-order valence-electron chi connectivity index (χ4n) is 7.37. The summed E-state index contributed by atoms with van der Waals surface area (Å²) in [4.78, 5) is 0. The topological polar surface area (TPSA) is 57.4 Å². The van der Waals surface area contributed by atoms with Gasteiger partial charge in [0.1, 0.15) is 0 Å². The first-order valence-electron chi connectivity index (χ1n) is 15.9. The number of fused-ring (bicyclic) bond motifs is 6. The van der Waals surface area contributed by atoms with Crippen molar-refractivity contribution in [1.82, 2.24) is 9.13 Å². The molecule has 4 heteroatoms. The predicted octanol–water partition coefficient (Wildman–Crippen LogP) is 11.0. The van der Waals surface area contributed by atoms with Crippen LogP contribution in [-0.2, 0) is 0 Å². The average Bonchev–Trinajstić information content (AvgIpc) is 3.67. The Labute approximate surface area is 277 Å². The number of para-hydroxylation sites is 4. The summed E-state index contributed by atoms with van der Waals surface area (Å²) >= 11 is 0. The van der Waals surface area contributed by atoms with E-state index in [1.165, 1.54) is 10.8 Å². The van der Waals surface area contributed by atoms with E-state index in [0.717, 1.165) is 66.5 Å². The Balaban J connectivity index is 1.31. The maximum absolute atomic E-state index is 10.5. The minimum atomic E-state index is 0.598. The van der Waals surface area contributed by atoms with E-state index in [1.807, 2.05) is 54.6 Å². The van der Waals surface area contributed by atoms with Gasteiger partial charge in [0.25, 0.3) is 0 Å². The van der Waals surface area contributed by atoms with Crippen molar-refractivity contribution in [3.63, 3.8) is 0 Å². The van der Waals surface area contributed by atoms with Gasteiger partial charge in [0, 0.05) is 38.4 Å². The van der Waals surface area contributed by atoms with E-state index in [4.69, 9.17) is 0 Å². The van der Waals surface area contributed by atoms with Gasteiger partial charge in [0.15, 0.2) is 0 Å². The monoisotopic (exact) mass is 610 g/mol. The third kappa shape index (κ3) is 4.07. The van der Waals surface area contributed by atoms with Gasteiger partial charge >= 0.3 is 0 Å². The van der Waals surface area contributed by atoms with Crippen molar-refractivity contribution >= 4 is 43.6 Å². The zero-order valence-electron chi connectivity index (χ0n) is 25.8. The molecule has 0 unspecified atom stereocenters. The second kappa shape index (κ2) is 10.9. The van der Waals surface area contributed by atoms with Gasteiger partial charge in [0.2, 0.25) is 0 Å². The smallest absolute Gasteiger partial charge is 0.0998 e. The second-order valence-electron chi connectivity index (χ2n) is 12.0. The van der Waals surface area contributed by atoms with Crippen LogP contribution in [0.3, 0.4) is 0 Å². The summed E-state index contributed by atoms with van der Waals surface area (Å²) in [7, 11) is 0. The Morgan fingerprint density at radius 2 is 1.00 bits per heavy atom. The number of rotatable bonds is 4. The van der Waals surface area contributed by atoms with E-state index >= 15 is 0 Å². The molecule has 2 aromatic heterocycles. The summed E-state index contributed by atoms with van der Waals surface area (Å²) in [5.41, 5.74) is 11.3. The number of nitriles is 2. The molecule has 0 fully saturated rings. The molecule has 7 aromatic carbocycles. The van der Waals surface area contributed by atoms with Crippen LogP contribution in [-0.4, -0.2) is 9.13 Å². The molecule has 0 aliphatic carbocycles. The van der Waals surface area contributed by atoms with Crippen LogP contribution in [0.4, 0.5) is 0 Å². The van der Waals surface area contributed by atoms with Crippen molar-refractivity contribution < 1.29 is 0 Å². The first kappa shape index (κ1) is 27.4. The molecule has 0 amide bonds. The van der Waals surface area contributed by atoms with Gasteiger partial charge in [0.05, 0.1) is 51.0 Å². The molecule has 0 radical (unpaired) electrons. The standard InChI is InChI=1S/C44H26N4/c45-27-29-23-24-37-36-16-3-7-21-41(36)48(43(37)25-29)42-22-8-4-17-38(42)44-31(28-46)12-10-18-33(44)30-11-9-13-32(26-30)47-39-19-5-1-14-34(39)35-15-2-6-20-40(35)47/h1-26H. The molecular formula is C44H26N4. The second-order valence-corrected chi connectivity index (χ2v) is 12.0. The van der Waals surface area contributed by atoms with Gasteiger partial charge in [-0.3, -0.25) is 0 Å². The minimum absolute atomic E-state index is 0.598. The molecular weight excluding hydrogens is 585 g/mol. The molecule has 0 aliphatic rings. The molecule has 0 atom stereocenters. The van der Waals surface area contributed by atoms with Gasteiger partial charge in [-0.25, -0.2) is 0 Å².